The van der Waals surface area contributed by atoms with Gasteiger partial charge >= 0.3 is 0 Å². The zero-order valence-corrected chi connectivity index (χ0v) is 13.9. The van der Waals surface area contributed by atoms with Gasteiger partial charge in [0.05, 0.1) is 6.61 Å². The highest BCUT2D eigenvalue weighted by atomic mass is 16.5. The topological polar surface area (TPSA) is 36.5 Å². The lowest BCUT2D eigenvalue weighted by Crippen LogP contribution is -2.31. The van der Waals surface area contributed by atoms with E-state index in [1.807, 2.05) is 7.05 Å². The Morgan fingerprint density at radius 1 is 1.05 bits per heavy atom. The van der Waals surface area contributed by atoms with Crippen LogP contribution in [0, 0.1) is 0 Å². The third-order valence-electron chi connectivity index (χ3n) is 4.14. The Morgan fingerprint density at radius 2 is 1.82 bits per heavy atom. The van der Waals surface area contributed by atoms with Crippen molar-refractivity contribution in [3.8, 4) is 5.75 Å². The Balaban J connectivity index is 1.57. The lowest BCUT2D eigenvalue weighted by Gasteiger charge is -2.26. The Bertz CT molecular complexity index is 388. The number of benzene rings is 1. The van der Waals surface area contributed by atoms with E-state index < -0.39 is 0 Å². The van der Waals surface area contributed by atoms with Crippen LogP contribution in [0.2, 0.25) is 0 Å². The van der Waals surface area contributed by atoms with Gasteiger partial charge in [-0.15, -0.1) is 0 Å². The molecule has 1 fully saturated rings. The van der Waals surface area contributed by atoms with Crippen molar-refractivity contribution in [1.82, 2.24) is 15.5 Å². The zero-order valence-electron chi connectivity index (χ0n) is 13.9. The van der Waals surface area contributed by atoms with Gasteiger partial charge in [-0.1, -0.05) is 18.6 Å². The number of nitrogens with one attached hydrogen (secondary N) is 2. The quantitative estimate of drug-likeness (QED) is 0.650. The first-order valence-electron chi connectivity index (χ1n) is 8.68. The molecule has 1 heterocycles. The number of likely N-dealkylation sites (tertiary alicyclic amines) is 1. The number of rotatable bonds is 10. The molecule has 2 N–H and O–H groups in total. The van der Waals surface area contributed by atoms with Gasteiger partial charge in [0.25, 0.3) is 0 Å². The molecule has 1 aromatic carbocycles. The van der Waals surface area contributed by atoms with Crippen LogP contribution in [0.25, 0.3) is 0 Å². The minimum Gasteiger partial charge on any atom is -0.494 e. The third-order valence-corrected chi connectivity index (χ3v) is 4.14. The third kappa shape index (κ3) is 6.77. The predicted octanol–water partition coefficient (Wildman–Crippen LogP) is 2.25. The highest BCUT2D eigenvalue weighted by Crippen LogP contribution is 2.13. The van der Waals surface area contributed by atoms with Gasteiger partial charge in [0.2, 0.25) is 0 Å². The van der Waals surface area contributed by atoms with Gasteiger partial charge in [-0.2, -0.15) is 0 Å². The van der Waals surface area contributed by atoms with Crippen LogP contribution in [-0.2, 0) is 6.54 Å². The molecular weight excluding hydrogens is 274 g/mol. The van der Waals surface area contributed by atoms with Gasteiger partial charge in [0, 0.05) is 26.2 Å². The fourth-order valence-corrected chi connectivity index (χ4v) is 2.81. The Hall–Kier alpha value is -1.10. The van der Waals surface area contributed by atoms with E-state index in [4.69, 9.17) is 4.74 Å². The first kappa shape index (κ1) is 17.3. The molecule has 0 amide bonds. The number of hydrogen-bond acceptors (Lipinski definition) is 4. The lowest BCUT2D eigenvalue weighted by atomic mass is 10.1. The molecule has 4 heteroatoms. The van der Waals surface area contributed by atoms with Crippen LogP contribution in [0.5, 0.6) is 5.75 Å². The number of nitrogens with zero attached hydrogens (tertiary/aromatic N) is 1. The van der Waals surface area contributed by atoms with Crippen molar-refractivity contribution >= 4 is 0 Å². The van der Waals surface area contributed by atoms with Crippen molar-refractivity contribution in [3.63, 3.8) is 0 Å². The number of piperidine rings is 1. The second kappa shape index (κ2) is 10.6. The van der Waals surface area contributed by atoms with Gasteiger partial charge in [-0.3, -0.25) is 0 Å². The summed E-state index contributed by atoms with van der Waals surface area (Å²) in [6.45, 7) is 7.44. The molecule has 0 unspecified atom stereocenters. The monoisotopic (exact) mass is 305 g/mol. The largest absolute Gasteiger partial charge is 0.494 e. The minimum absolute atomic E-state index is 0.816. The van der Waals surface area contributed by atoms with Crippen LogP contribution in [0.15, 0.2) is 24.3 Å². The molecule has 4 nitrogen and oxygen atoms in total. The van der Waals surface area contributed by atoms with Crippen LogP contribution >= 0.6 is 0 Å². The molecule has 22 heavy (non-hydrogen) atoms. The second-order valence-corrected chi connectivity index (χ2v) is 6.03. The van der Waals surface area contributed by atoms with E-state index in [9.17, 15) is 0 Å². The second-order valence-electron chi connectivity index (χ2n) is 6.03. The maximum Gasteiger partial charge on any atom is 0.119 e. The van der Waals surface area contributed by atoms with Crippen molar-refractivity contribution in [1.29, 1.82) is 0 Å². The lowest BCUT2D eigenvalue weighted by molar-refractivity contribution is 0.205. The number of ether oxygens (including phenoxy) is 1. The van der Waals surface area contributed by atoms with Gasteiger partial charge in [0.15, 0.2) is 0 Å². The summed E-state index contributed by atoms with van der Waals surface area (Å²) in [6.07, 6.45) is 5.26. The Labute approximate surface area is 135 Å². The van der Waals surface area contributed by atoms with Crippen molar-refractivity contribution in [3.05, 3.63) is 29.8 Å². The van der Waals surface area contributed by atoms with E-state index in [0.717, 1.165) is 38.4 Å². The summed E-state index contributed by atoms with van der Waals surface area (Å²) in [5.74, 6) is 0.984. The summed E-state index contributed by atoms with van der Waals surface area (Å²) < 4.78 is 5.84. The van der Waals surface area contributed by atoms with E-state index >= 15 is 0 Å². The molecule has 0 saturated carbocycles. The standard InChI is InChI=1S/C18H31N3O/c1-19-10-11-20-16-17-6-8-18(9-7-17)22-15-5-14-21-12-3-2-4-13-21/h6-9,19-20H,2-5,10-16H2,1H3. The van der Waals surface area contributed by atoms with Crippen LogP contribution in [-0.4, -0.2) is 51.3 Å². The van der Waals surface area contributed by atoms with Crippen molar-refractivity contribution in [2.75, 3.05) is 46.4 Å². The van der Waals surface area contributed by atoms with E-state index in [1.165, 1.54) is 44.5 Å². The maximum absolute atomic E-state index is 5.84. The van der Waals surface area contributed by atoms with Gasteiger partial charge < -0.3 is 20.3 Å². The minimum atomic E-state index is 0.816. The van der Waals surface area contributed by atoms with E-state index in [1.54, 1.807) is 0 Å². The van der Waals surface area contributed by atoms with Crippen LogP contribution in [0.4, 0.5) is 0 Å². The molecule has 1 aliphatic heterocycles. The number of hydrogen-bond donors (Lipinski definition) is 2. The van der Waals surface area contributed by atoms with Gasteiger partial charge in [0.1, 0.15) is 5.75 Å². The smallest absolute Gasteiger partial charge is 0.119 e. The molecule has 0 atom stereocenters. The van der Waals surface area contributed by atoms with Crippen LogP contribution in [0.3, 0.4) is 0 Å². The molecule has 124 valence electrons. The summed E-state index contributed by atoms with van der Waals surface area (Å²) in [5.41, 5.74) is 1.30. The van der Waals surface area contributed by atoms with E-state index in [2.05, 4.69) is 39.8 Å². The molecule has 1 aromatic rings. The molecule has 0 radical (unpaired) electrons. The molecule has 1 saturated heterocycles. The van der Waals surface area contributed by atoms with Crippen molar-refractivity contribution in [2.45, 2.75) is 32.2 Å². The average molecular weight is 305 g/mol. The highest BCUT2D eigenvalue weighted by molar-refractivity contribution is 5.27. The average Bonchev–Trinajstić information content (AvgIpc) is 2.58. The molecule has 0 bridgehead atoms. The fraction of sp³-hybridized carbons (Fsp3) is 0.667. The first-order chi connectivity index (χ1) is 10.9. The van der Waals surface area contributed by atoms with E-state index in [-0.39, 0.29) is 0 Å². The summed E-state index contributed by atoms with van der Waals surface area (Å²) in [5, 5.41) is 6.53. The van der Waals surface area contributed by atoms with Crippen molar-refractivity contribution < 1.29 is 4.74 Å². The molecule has 1 aliphatic rings. The highest BCUT2D eigenvalue weighted by Gasteiger charge is 2.08. The molecule has 2 rings (SSSR count). The Morgan fingerprint density at radius 3 is 2.55 bits per heavy atom. The van der Waals surface area contributed by atoms with Crippen molar-refractivity contribution in [2.24, 2.45) is 0 Å². The van der Waals surface area contributed by atoms with Gasteiger partial charge in [-0.25, -0.2) is 0 Å². The fourth-order valence-electron chi connectivity index (χ4n) is 2.81. The van der Waals surface area contributed by atoms with Crippen LogP contribution in [0.1, 0.15) is 31.2 Å². The zero-order chi connectivity index (χ0) is 15.5. The number of likely N-dealkylation sites (N-methyl/N-ethyl adjacent to an activating group) is 1. The normalized spacial score (nSPS) is 15.9. The predicted molar refractivity (Wildman–Crippen MR) is 92.5 cm³/mol. The van der Waals surface area contributed by atoms with Crippen LogP contribution < -0.4 is 15.4 Å². The van der Waals surface area contributed by atoms with E-state index in [0.29, 0.717) is 0 Å². The first-order valence-corrected chi connectivity index (χ1v) is 8.68. The van der Waals surface area contributed by atoms with Gasteiger partial charge in [-0.05, 0) is 57.1 Å². The SMILES string of the molecule is CNCCNCc1ccc(OCCCN2CCCCC2)cc1. The molecule has 0 aliphatic carbocycles. The molecule has 0 aromatic heterocycles. The molecule has 0 spiro atoms. The summed E-state index contributed by atoms with van der Waals surface area (Å²) in [4.78, 5) is 2.56. The summed E-state index contributed by atoms with van der Waals surface area (Å²) in [6, 6.07) is 8.45. The summed E-state index contributed by atoms with van der Waals surface area (Å²) in [7, 11) is 1.97. The summed E-state index contributed by atoms with van der Waals surface area (Å²) >= 11 is 0. The molecular formula is C18H31N3O. The maximum atomic E-state index is 5.84. The Kier molecular flexibility index (Phi) is 8.31.